The van der Waals surface area contributed by atoms with Crippen LogP contribution in [0.4, 0.5) is 17.6 Å². The van der Waals surface area contributed by atoms with Crippen LogP contribution in [0.2, 0.25) is 0 Å². The summed E-state index contributed by atoms with van der Waals surface area (Å²) in [6, 6.07) is -0.793. The largest absolute Gasteiger partial charge is 0.401 e. The van der Waals surface area contributed by atoms with Crippen LogP contribution in [-0.2, 0) is 4.79 Å². The number of piperazine rings is 1. The van der Waals surface area contributed by atoms with Crippen molar-refractivity contribution in [2.75, 3.05) is 45.8 Å². The molecule has 2 saturated heterocycles. The van der Waals surface area contributed by atoms with Crippen LogP contribution < -0.4 is 22.1 Å². The number of carbonyl (C=O) groups excluding carboxylic acids is 1. The lowest BCUT2D eigenvalue weighted by molar-refractivity contribution is -0.150. The Morgan fingerprint density at radius 1 is 1.19 bits per heavy atom. The second kappa shape index (κ2) is 12.1. The molecule has 0 aromatic carbocycles. The Morgan fingerprint density at radius 3 is 2.54 bits per heavy atom. The third-order valence-corrected chi connectivity index (χ3v) is 8.45. The fourth-order valence-corrected chi connectivity index (χ4v) is 6.57. The molecule has 3 aliphatic heterocycles. The first-order valence-electron chi connectivity index (χ1n) is 13.5. The van der Waals surface area contributed by atoms with Crippen molar-refractivity contribution in [3.8, 4) is 0 Å². The van der Waals surface area contributed by atoms with E-state index in [0.29, 0.717) is 39.1 Å². The lowest BCUT2D eigenvalue weighted by atomic mass is 9.75. The maximum Gasteiger partial charge on any atom is 0.401 e. The number of aliphatic imine (C=N–C) groups is 1. The number of piperidine rings is 1. The maximum absolute atomic E-state index is 14.4. The zero-order chi connectivity index (χ0) is 26.6. The van der Waals surface area contributed by atoms with Gasteiger partial charge in [-0.1, -0.05) is 18.9 Å². The molecule has 8 nitrogen and oxygen atoms in total. The van der Waals surface area contributed by atoms with Crippen LogP contribution >= 0.6 is 0 Å². The van der Waals surface area contributed by atoms with Gasteiger partial charge in [-0.25, -0.2) is 4.39 Å². The Balaban J connectivity index is 1.43. The molecular formula is C25H41F4N7O. The molecule has 1 saturated carbocycles. The minimum absolute atomic E-state index is 0.00643. The maximum atomic E-state index is 14.4. The number of halogens is 4. The van der Waals surface area contributed by atoms with Gasteiger partial charge >= 0.3 is 6.18 Å². The van der Waals surface area contributed by atoms with E-state index in [-0.39, 0.29) is 23.4 Å². The van der Waals surface area contributed by atoms with Crippen LogP contribution in [0, 0.1) is 11.3 Å². The number of nitrogens with one attached hydrogen (secondary N) is 2. The fourth-order valence-electron chi connectivity index (χ4n) is 6.57. The molecule has 1 aliphatic carbocycles. The van der Waals surface area contributed by atoms with Crippen molar-refractivity contribution in [1.82, 2.24) is 20.4 Å². The van der Waals surface area contributed by atoms with Gasteiger partial charge in [0, 0.05) is 45.0 Å². The molecule has 1 spiro atoms. The first-order chi connectivity index (χ1) is 17.6. The molecule has 4 aliphatic rings. The predicted molar refractivity (Wildman–Crippen MR) is 135 cm³/mol. The van der Waals surface area contributed by atoms with Gasteiger partial charge in [-0.2, -0.15) is 13.2 Å². The molecule has 5 unspecified atom stereocenters. The molecule has 3 heterocycles. The second-order valence-electron chi connectivity index (χ2n) is 11.1. The standard InChI is InChI=1S/C25H41F4N7O/c26-17-3-7-24(5-1-2-6-24)13-18(33-14-17)21(22(30)31)23(37)34-19-15-32-8-4-20(19)36-11-9-35(10-12-36)16-25(27,28)29/h3,7,14,17-22,32H,1-2,4-6,8-13,15-16,30-31H2,(H,34,37)/b7-3-,33-14?. The minimum atomic E-state index is -4.21. The molecule has 0 bridgehead atoms. The van der Waals surface area contributed by atoms with Crippen LogP contribution in [-0.4, -0.2) is 104 Å². The van der Waals surface area contributed by atoms with Gasteiger partial charge in [0.05, 0.1) is 30.7 Å². The average Bonchev–Trinajstić information content (AvgIpc) is 3.29. The summed E-state index contributed by atoms with van der Waals surface area (Å²) in [6.07, 6.45) is 3.54. The molecule has 4 rings (SSSR count). The highest BCUT2D eigenvalue weighted by Gasteiger charge is 2.42. The first kappa shape index (κ1) is 28.4. The molecule has 210 valence electrons. The number of hydrogen-bond donors (Lipinski definition) is 4. The first-order valence-corrected chi connectivity index (χ1v) is 13.5. The van der Waals surface area contributed by atoms with Crippen molar-refractivity contribution in [3.63, 3.8) is 0 Å². The zero-order valence-corrected chi connectivity index (χ0v) is 21.3. The van der Waals surface area contributed by atoms with Crippen molar-refractivity contribution in [1.29, 1.82) is 0 Å². The Hall–Kier alpha value is -1.60. The normalized spacial score (nSPS) is 33.3. The van der Waals surface area contributed by atoms with E-state index in [9.17, 15) is 22.4 Å². The molecule has 1 amide bonds. The molecule has 6 N–H and O–H groups in total. The van der Waals surface area contributed by atoms with Crippen molar-refractivity contribution >= 4 is 12.1 Å². The monoisotopic (exact) mass is 531 g/mol. The Morgan fingerprint density at radius 2 is 1.89 bits per heavy atom. The van der Waals surface area contributed by atoms with E-state index in [0.717, 1.165) is 38.6 Å². The van der Waals surface area contributed by atoms with E-state index in [4.69, 9.17) is 11.5 Å². The number of hydrogen-bond acceptors (Lipinski definition) is 7. The van der Waals surface area contributed by atoms with Gasteiger partial charge in [0.15, 0.2) is 6.17 Å². The number of rotatable bonds is 6. The highest BCUT2D eigenvalue weighted by Crippen LogP contribution is 2.45. The molecule has 0 aromatic heterocycles. The molecule has 5 atom stereocenters. The predicted octanol–water partition coefficient (Wildman–Crippen LogP) is 1.17. The van der Waals surface area contributed by atoms with Crippen LogP contribution in [0.25, 0.3) is 0 Å². The summed E-state index contributed by atoms with van der Waals surface area (Å²) in [4.78, 5) is 21.7. The number of nitrogens with two attached hydrogens (primary N) is 2. The smallest absolute Gasteiger partial charge is 0.350 e. The van der Waals surface area contributed by atoms with E-state index in [2.05, 4.69) is 20.5 Å². The summed E-state index contributed by atoms with van der Waals surface area (Å²) >= 11 is 0. The van der Waals surface area contributed by atoms with Crippen molar-refractivity contribution in [2.24, 2.45) is 27.8 Å². The van der Waals surface area contributed by atoms with Crippen LogP contribution in [0.15, 0.2) is 17.1 Å². The summed E-state index contributed by atoms with van der Waals surface area (Å²) in [7, 11) is 0. The van der Waals surface area contributed by atoms with Gasteiger partial charge in [-0.3, -0.25) is 19.6 Å². The summed E-state index contributed by atoms with van der Waals surface area (Å²) in [5, 5.41) is 6.45. The minimum Gasteiger partial charge on any atom is -0.350 e. The average molecular weight is 532 g/mol. The van der Waals surface area contributed by atoms with E-state index >= 15 is 0 Å². The topological polar surface area (TPSA) is 112 Å². The fraction of sp³-hybridized carbons (Fsp3) is 0.840. The molecule has 0 aromatic rings. The number of alkyl halides is 4. The summed E-state index contributed by atoms with van der Waals surface area (Å²) in [5.41, 5.74) is 12.1. The SMILES string of the molecule is NC(N)C(C(=O)NC1CNCCC1N1CCN(CC(F)(F)F)CC1)C1CC2(/C=C\C(F)C=N1)CCCC2. The van der Waals surface area contributed by atoms with Crippen molar-refractivity contribution < 1.29 is 22.4 Å². The molecular weight excluding hydrogens is 490 g/mol. The van der Waals surface area contributed by atoms with Crippen LogP contribution in [0.3, 0.4) is 0 Å². The number of nitrogens with zero attached hydrogens (tertiary/aromatic N) is 3. The van der Waals surface area contributed by atoms with E-state index < -0.39 is 37.0 Å². The molecule has 3 fully saturated rings. The van der Waals surface area contributed by atoms with Gasteiger partial charge in [0.2, 0.25) is 5.91 Å². The summed E-state index contributed by atoms with van der Waals surface area (Å²) in [6.45, 7) is 2.08. The van der Waals surface area contributed by atoms with Gasteiger partial charge < -0.3 is 22.1 Å². The third-order valence-electron chi connectivity index (χ3n) is 8.45. The molecule has 0 radical (unpaired) electrons. The van der Waals surface area contributed by atoms with Crippen LogP contribution in [0.5, 0.6) is 0 Å². The number of amides is 1. The lowest BCUT2D eigenvalue weighted by Gasteiger charge is -2.45. The summed E-state index contributed by atoms with van der Waals surface area (Å²) in [5.74, 6) is -1.13. The van der Waals surface area contributed by atoms with Gasteiger partial charge in [-0.15, -0.1) is 0 Å². The molecule has 12 heteroatoms. The second-order valence-corrected chi connectivity index (χ2v) is 11.1. The van der Waals surface area contributed by atoms with Gasteiger partial charge in [0.25, 0.3) is 0 Å². The van der Waals surface area contributed by atoms with E-state index in [1.807, 2.05) is 6.08 Å². The van der Waals surface area contributed by atoms with Gasteiger partial charge in [-0.05, 0) is 43.7 Å². The summed E-state index contributed by atoms with van der Waals surface area (Å²) < 4.78 is 52.7. The van der Waals surface area contributed by atoms with Crippen LogP contribution in [0.1, 0.15) is 38.5 Å². The Kier molecular flexibility index (Phi) is 9.26. The van der Waals surface area contributed by atoms with Gasteiger partial charge in [0.1, 0.15) is 0 Å². The molecule has 37 heavy (non-hydrogen) atoms. The lowest BCUT2D eigenvalue weighted by Crippen LogP contribution is -2.64. The Bertz CT molecular complexity index is 822. The van der Waals surface area contributed by atoms with Crippen molar-refractivity contribution in [3.05, 3.63) is 12.2 Å². The highest BCUT2D eigenvalue weighted by molar-refractivity contribution is 5.81. The van der Waals surface area contributed by atoms with E-state index in [1.165, 1.54) is 11.1 Å². The number of allylic oxidation sites excluding steroid dienone is 2. The highest BCUT2D eigenvalue weighted by atomic mass is 19.4. The Labute approximate surface area is 216 Å². The number of carbonyl (C=O) groups is 1. The van der Waals surface area contributed by atoms with Crippen molar-refractivity contribution in [2.45, 2.75) is 75.2 Å². The third kappa shape index (κ3) is 7.50. The quantitative estimate of drug-likeness (QED) is 0.233. The zero-order valence-electron chi connectivity index (χ0n) is 21.3. The van der Waals surface area contributed by atoms with E-state index in [1.54, 1.807) is 6.08 Å².